The first-order valence-corrected chi connectivity index (χ1v) is 6.45. The Morgan fingerprint density at radius 1 is 1.24 bits per heavy atom. The number of hydrogen-bond donors (Lipinski definition) is 2. The van der Waals surface area contributed by atoms with Gasteiger partial charge in [-0.3, -0.25) is 4.79 Å². The molecule has 1 aliphatic carbocycles. The number of urea groups is 1. The molecule has 1 saturated heterocycles. The summed E-state index contributed by atoms with van der Waals surface area (Å²) in [4.78, 5) is 24.2. The molecule has 2 N–H and O–H groups in total. The quantitative estimate of drug-likeness (QED) is 0.784. The number of carbonyl (C=O) groups is 2. The molecule has 1 saturated carbocycles. The van der Waals surface area contributed by atoms with Crippen LogP contribution >= 0.6 is 0 Å². The average Bonchev–Trinajstić information content (AvgIpc) is 2.75. The molecule has 5 nitrogen and oxygen atoms in total. The van der Waals surface area contributed by atoms with Crippen LogP contribution in [-0.2, 0) is 4.79 Å². The molecule has 2 aliphatic rings. The summed E-state index contributed by atoms with van der Waals surface area (Å²) < 4.78 is 0. The Morgan fingerprint density at radius 2 is 2.00 bits per heavy atom. The smallest absolute Gasteiger partial charge is 0.317 e. The summed E-state index contributed by atoms with van der Waals surface area (Å²) in [5.74, 6) is -0.198. The third-order valence-corrected chi connectivity index (χ3v) is 3.87. The molecule has 96 valence electrons. The van der Waals surface area contributed by atoms with Crippen molar-refractivity contribution < 1.29 is 14.7 Å². The van der Waals surface area contributed by atoms with Crippen molar-refractivity contribution in [2.75, 3.05) is 13.1 Å². The van der Waals surface area contributed by atoms with Crippen LogP contribution in [0.1, 0.15) is 38.5 Å². The van der Waals surface area contributed by atoms with Crippen molar-refractivity contribution in [2.24, 2.45) is 5.92 Å². The maximum atomic E-state index is 11.9. The fourth-order valence-corrected chi connectivity index (χ4v) is 3.08. The molecule has 5 heteroatoms. The van der Waals surface area contributed by atoms with Crippen molar-refractivity contribution in [3.8, 4) is 0 Å². The van der Waals surface area contributed by atoms with Gasteiger partial charge in [0.15, 0.2) is 0 Å². The number of carboxylic acid groups (broad SMARTS) is 1. The van der Waals surface area contributed by atoms with Crippen molar-refractivity contribution in [3.63, 3.8) is 0 Å². The van der Waals surface area contributed by atoms with E-state index in [1.165, 1.54) is 19.3 Å². The fourth-order valence-electron chi connectivity index (χ4n) is 3.08. The van der Waals surface area contributed by atoms with Gasteiger partial charge in [-0.05, 0) is 31.6 Å². The maximum Gasteiger partial charge on any atom is 0.317 e. The van der Waals surface area contributed by atoms with Crippen molar-refractivity contribution in [2.45, 2.75) is 44.6 Å². The Bertz CT molecular complexity index is 306. The van der Waals surface area contributed by atoms with E-state index in [4.69, 9.17) is 5.11 Å². The van der Waals surface area contributed by atoms with Crippen molar-refractivity contribution in [1.82, 2.24) is 10.2 Å². The highest BCUT2D eigenvalue weighted by Gasteiger charge is 2.37. The highest BCUT2D eigenvalue weighted by Crippen LogP contribution is 2.36. The normalized spacial score (nSPS) is 27.6. The largest absolute Gasteiger partial charge is 0.481 e. The van der Waals surface area contributed by atoms with Crippen LogP contribution in [0.25, 0.3) is 0 Å². The molecule has 0 aromatic rings. The molecule has 1 heterocycles. The van der Waals surface area contributed by atoms with E-state index < -0.39 is 5.97 Å². The number of amides is 2. The molecular weight excluding hydrogens is 220 g/mol. The van der Waals surface area contributed by atoms with Gasteiger partial charge in [0, 0.05) is 19.1 Å². The van der Waals surface area contributed by atoms with Gasteiger partial charge in [-0.1, -0.05) is 6.42 Å². The molecule has 2 amide bonds. The zero-order valence-corrected chi connectivity index (χ0v) is 10.0. The Morgan fingerprint density at radius 3 is 2.76 bits per heavy atom. The van der Waals surface area contributed by atoms with Gasteiger partial charge in [-0.25, -0.2) is 4.79 Å². The van der Waals surface area contributed by atoms with Crippen LogP contribution in [0.2, 0.25) is 0 Å². The standard InChI is InChI=1S/C12H20N2O3/c15-11(16)6-7-13-12(17)14-8-2-4-9-3-1-5-10(9)14/h9-10H,1-8H2,(H,13,17)(H,15,16). The van der Waals surface area contributed by atoms with Gasteiger partial charge in [0.1, 0.15) is 0 Å². The molecule has 0 aromatic carbocycles. The zero-order valence-electron chi connectivity index (χ0n) is 10.0. The minimum atomic E-state index is -0.873. The summed E-state index contributed by atoms with van der Waals surface area (Å²) in [7, 11) is 0. The van der Waals surface area contributed by atoms with E-state index in [1.54, 1.807) is 0 Å². The molecule has 0 spiro atoms. The number of rotatable bonds is 3. The summed E-state index contributed by atoms with van der Waals surface area (Å²) in [6, 6.07) is 0.316. The second-order valence-corrected chi connectivity index (χ2v) is 4.97. The van der Waals surface area contributed by atoms with Gasteiger partial charge >= 0.3 is 12.0 Å². The Labute approximate surface area is 101 Å². The molecular formula is C12H20N2O3. The van der Waals surface area contributed by atoms with Crippen LogP contribution in [0.15, 0.2) is 0 Å². The molecule has 2 rings (SSSR count). The lowest BCUT2D eigenvalue weighted by Gasteiger charge is -2.37. The van der Waals surface area contributed by atoms with E-state index in [1.807, 2.05) is 4.90 Å². The van der Waals surface area contributed by atoms with Crippen molar-refractivity contribution in [1.29, 1.82) is 0 Å². The third-order valence-electron chi connectivity index (χ3n) is 3.87. The fraction of sp³-hybridized carbons (Fsp3) is 0.833. The van der Waals surface area contributed by atoms with Gasteiger partial charge in [0.05, 0.1) is 6.42 Å². The van der Waals surface area contributed by atoms with E-state index in [0.29, 0.717) is 12.0 Å². The second-order valence-electron chi connectivity index (χ2n) is 4.97. The predicted octanol–water partition coefficient (Wildman–Crippen LogP) is 1.44. The van der Waals surface area contributed by atoms with Crippen LogP contribution < -0.4 is 5.32 Å². The lowest BCUT2D eigenvalue weighted by atomic mass is 9.92. The summed E-state index contributed by atoms with van der Waals surface area (Å²) in [5.41, 5.74) is 0. The van der Waals surface area contributed by atoms with Crippen molar-refractivity contribution >= 4 is 12.0 Å². The topological polar surface area (TPSA) is 69.6 Å². The number of nitrogens with zero attached hydrogens (tertiary/aromatic N) is 1. The first kappa shape index (κ1) is 12.2. The summed E-state index contributed by atoms with van der Waals surface area (Å²) in [5, 5.41) is 11.2. The van der Waals surface area contributed by atoms with Crippen LogP contribution in [-0.4, -0.2) is 41.1 Å². The van der Waals surface area contributed by atoms with E-state index in [0.717, 1.165) is 19.4 Å². The average molecular weight is 240 g/mol. The summed E-state index contributed by atoms with van der Waals surface area (Å²) >= 11 is 0. The van der Waals surface area contributed by atoms with Gasteiger partial charge in [0.25, 0.3) is 0 Å². The van der Waals surface area contributed by atoms with Gasteiger partial charge in [0.2, 0.25) is 0 Å². The van der Waals surface area contributed by atoms with Gasteiger partial charge in [-0.2, -0.15) is 0 Å². The minimum Gasteiger partial charge on any atom is -0.481 e. The molecule has 1 aliphatic heterocycles. The van der Waals surface area contributed by atoms with Crippen LogP contribution in [0.5, 0.6) is 0 Å². The molecule has 0 bridgehead atoms. The zero-order chi connectivity index (χ0) is 12.3. The monoisotopic (exact) mass is 240 g/mol. The van der Waals surface area contributed by atoms with Crippen molar-refractivity contribution in [3.05, 3.63) is 0 Å². The van der Waals surface area contributed by atoms with E-state index in [9.17, 15) is 9.59 Å². The second kappa shape index (κ2) is 5.38. The van der Waals surface area contributed by atoms with Gasteiger partial charge < -0.3 is 15.3 Å². The Hall–Kier alpha value is -1.26. The number of carbonyl (C=O) groups excluding carboxylic acids is 1. The highest BCUT2D eigenvalue weighted by molar-refractivity contribution is 5.75. The first-order valence-electron chi connectivity index (χ1n) is 6.45. The molecule has 17 heavy (non-hydrogen) atoms. The number of hydrogen-bond acceptors (Lipinski definition) is 2. The predicted molar refractivity (Wildman–Crippen MR) is 62.7 cm³/mol. The molecule has 2 unspecified atom stereocenters. The number of piperidine rings is 1. The van der Waals surface area contributed by atoms with E-state index in [2.05, 4.69) is 5.32 Å². The first-order chi connectivity index (χ1) is 8.18. The van der Waals surface area contributed by atoms with Crippen LogP contribution in [0, 0.1) is 5.92 Å². The number of fused-ring (bicyclic) bond motifs is 1. The molecule has 2 fully saturated rings. The van der Waals surface area contributed by atoms with Gasteiger partial charge in [-0.15, -0.1) is 0 Å². The molecule has 0 radical (unpaired) electrons. The number of likely N-dealkylation sites (tertiary alicyclic amines) is 1. The number of carboxylic acids is 1. The number of aliphatic carboxylic acids is 1. The minimum absolute atomic E-state index is 0.00627. The SMILES string of the molecule is O=C(O)CCNC(=O)N1CCCC2CCCC21. The molecule has 0 aromatic heterocycles. The maximum absolute atomic E-state index is 11.9. The number of nitrogens with one attached hydrogen (secondary N) is 1. The Balaban J connectivity index is 1.83. The van der Waals surface area contributed by atoms with Crippen LogP contribution in [0.3, 0.4) is 0 Å². The molecule has 2 atom stereocenters. The highest BCUT2D eigenvalue weighted by atomic mass is 16.4. The van der Waals surface area contributed by atoms with E-state index in [-0.39, 0.29) is 19.0 Å². The lowest BCUT2D eigenvalue weighted by Crippen LogP contribution is -2.50. The lowest BCUT2D eigenvalue weighted by molar-refractivity contribution is -0.136. The summed E-state index contributed by atoms with van der Waals surface area (Å²) in [6.45, 7) is 1.04. The van der Waals surface area contributed by atoms with E-state index >= 15 is 0 Å². The Kier molecular flexibility index (Phi) is 3.86. The summed E-state index contributed by atoms with van der Waals surface area (Å²) in [6.07, 6.45) is 5.87. The van der Waals surface area contributed by atoms with Crippen LogP contribution in [0.4, 0.5) is 4.79 Å². The third kappa shape index (κ3) is 2.90.